The van der Waals surface area contributed by atoms with Gasteiger partial charge in [0.25, 0.3) is 11.8 Å². The van der Waals surface area contributed by atoms with E-state index in [0.29, 0.717) is 30.2 Å². The average Bonchev–Trinajstić information content (AvgIpc) is 2.77. The first-order valence-electron chi connectivity index (χ1n) is 9.72. The number of amides is 3. The molecule has 3 rings (SSSR count). The van der Waals surface area contributed by atoms with E-state index in [1.165, 1.54) is 7.11 Å². The van der Waals surface area contributed by atoms with Crippen molar-refractivity contribution < 1.29 is 23.9 Å². The van der Waals surface area contributed by atoms with Crippen LogP contribution in [0, 0.1) is 5.92 Å². The van der Waals surface area contributed by atoms with E-state index in [4.69, 9.17) is 15.2 Å². The molecule has 8 nitrogen and oxygen atoms in total. The van der Waals surface area contributed by atoms with Crippen molar-refractivity contribution in [3.05, 3.63) is 54.1 Å². The molecule has 1 heterocycles. The van der Waals surface area contributed by atoms with Crippen LogP contribution in [0.4, 0.5) is 5.69 Å². The number of primary amides is 1. The summed E-state index contributed by atoms with van der Waals surface area (Å²) in [7, 11) is 1.45. The van der Waals surface area contributed by atoms with E-state index in [2.05, 4.69) is 5.32 Å². The Kier molecular flexibility index (Phi) is 6.90. The molecule has 0 unspecified atom stereocenters. The Morgan fingerprint density at radius 3 is 2.60 bits per heavy atom. The number of para-hydroxylation sites is 1. The van der Waals surface area contributed by atoms with Gasteiger partial charge in [-0.25, -0.2) is 0 Å². The zero-order chi connectivity index (χ0) is 21.5. The summed E-state index contributed by atoms with van der Waals surface area (Å²) in [6.07, 6.45) is 1.47. The van der Waals surface area contributed by atoms with Crippen molar-refractivity contribution >= 4 is 23.4 Å². The van der Waals surface area contributed by atoms with Crippen molar-refractivity contribution in [2.24, 2.45) is 11.7 Å². The number of methoxy groups -OCH3 is 1. The molecule has 8 heteroatoms. The molecule has 1 fully saturated rings. The van der Waals surface area contributed by atoms with Gasteiger partial charge in [0.15, 0.2) is 18.1 Å². The van der Waals surface area contributed by atoms with Crippen LogP contribution in [0.5, 0.6) is 11.5 Å². The molecule has 1 aliphatic heterocycles. The Balaban J connectivity index is 1.67. The van der Waals surface area contributed by atoms with Crippen LogP contribution < -0.4 is 20.5 Å². The van der Waals surface area contributed by atoms with E-state index < -0.39 is 5.91 Å². The van der Waals surface area contributed by atoms with Gasteiger partial charge in [-0.2, -0.15) is 0 Å². The number of nitrogens with one attached hydrogen (secondary N) is 1. The summed E-state index contributed by atoms with van der Waals surface area (Å²) in [4.78, 5) is 38.2. The minimum Gasteiger partial charge on any atom is -0.493 e. The molecule has 158 valence electrons. The van der Waals surface area contributed by atoms with Gasteiger partial charge in [-0.05, 0) is 43.2 Å². The minimum absolute atomic E-state index is 0.0912. The smallest absolute Gasteiger partial charge is 0.255 e. The molecule has 2 aromatic rings. The fraction of sp³-hybridized carbons (Fsp3) is 0.318. The normalized spacial score (nSPS) is 15.9. The molecule has 30 heavy (non-hydrogen) atoms. The van der Waals surface area contributed by atoms with Gasteiger partial charge in [0.2, 0.25) is 5.91 Å². The third-order valence-electron chi connectivity index (χ3n) is 4.90. The molecule has 1 atom stereocenters. The van der Waals surface area contributed by atoms with Crippen molar-refractivity contribution in [3.63, 3.8) is 0 Å². The van der Waals surface area contributed by atoms with E-state index in [-0.39, 0.29) is 24.3 Å². The fourth-order valence-corrected chi connectivity index (χ4v) is 3.39. The van der Waals surface area contributed by atoms with Crippen LogP contribution in [0.15, 0.2) is 48.5 Å². The second-order valence-corrected chi connectivity index (χ2v) is 7.07. The van der Waals surface area contributed by atoms with Gasteiger partial charge in [0.1, 0.15) is 0 Å². The summed E-state index contributed by atoms with van der Waals surface area (Å²) in [5.74, 6) is -0.504. The Morgan fingerprint density at radius 2 is 1.90 bits per heavy atom. The van der Waals surface area contributed by atoms with Crippen molar-refractivity contribution in [2.45, 2.75) is 12.8 Å². The molecule has 1 aliphatic rings. The third kappa shape index (κ3) is 5.28. The standard InChI is InChI=1S/C22H25N3O5/c1-29-19-12-15(9-10-18(19)30-14-20(23)26)22(28)25-11-5-6-16(13-25)21(27)24-17-7-3-2-4-8-17/h2-4,7-10,12,16H,5-6,11,13-14H2,1H3,(H2,23,26)(H,24,27)/t16-/m1/s1. The quantitative estimate of drug-likeness (QED) is 0.724. The number of piperidine rings is 1. The van der Waals surface area contributed by atoms with E-state index in [1.807, 2.05) is 30.3 Å². The van der Waals surface area contributed by atoms with Crippen LogP contribution in [0.2, 0.25) is 0 Å². The molecule has 3 amide bonds. The number of rotatable bonds is 7. The van der Waals surface area contributed by atoms with Gasteiger partial charge in [-0.3, -0.25) is 14.4 Å². The van der Waals surface area contributed by atoms with E-state index in [0.717, 1.165) is 18.5 Å². The second-order valence-electron chi connectivity index (χ2n) is 7.07. The monoisotopic (exact) mass is 411 g/mol. The third-order valence-corrected chi connectivity index (χ3v) is 4.90. The number of likely N-dealkylation sites (tertiary alicyclic amines) is 1. The summed E-state index contributed by atoms with van der Waals surface area (Å²) in [5, 5.41) is 2.91. The zero-order valence-electron chi connectivity index (χ0n) is 16.8. The van der Waals surface area contributed by atoms with E-state index in [9.17, 15) is 14.4 Å². The van der Waals surface area contributed by atoms with E-state index in [1.54, 1.807) is 23.1 Å². The van der Waals surface area contributed by atoms with Crippen molar-refractivity contribution in [1.82, 2.24) is 4.90 Å². The summed E-state index contributed by atoms with van der Waals surface area (Å²) < 4.78 is 10.6. The topological polar surface area (TPSA) is 111 Å². The molecule has 0 bridgehead atoms. The maximum atomic E-state index is 13.0. The maximum absolute atomic E-state index is 13.0. The number of nitrogens with two attached hydrogens (primary N) is 1. The lowest BCUT2D eigenvalue weighted by Gasteiger charge is -2.32. The van der Waals surface area contributed by atoms with Crippen LogP contribution in [0.3, 0.4) is 0 Å². The van der Waals surface area contributed by atoms with Crippen LogP contribution in [0.1, 0.15) is 23.2 Å². The summed E-state index contributed by atoms with van der Waals surface area (Å²) in [5.41, 5.74) is 6.25. The Morgan fingerprint density at radius 1 is 1.13 bits per heavy atom. The SMILES string of the molecule is COc1cc(C(=O)N2CCC[C@@H](C(=O)Nc3ccccc3)C2)ccc1OCC(N)=O. The maximum Gasteiger partial charge on any atom is 0.255 e. The lowest BCUT2D eigenvalue weighted by Crippen LogP contribution is -2.43. The Bertz CT molecular complexity index is 916. The highest BCUT2D eigenvalue weighted by molar-refractivity contribution is 5.96. The van der Waals surface area contributed by atoms with Gasteiger partial charge in [0, 0.05) is 24.3 Å². The van der Waals surface area contributed by atoms with Crippen LogP contribution in [-0.2, 0) is 9.59 Å². The Hall–Kier alpha value is -3.55. The molecular formula is C22H25N3O5. The summed E-state index contributed by atoms with van der Waals surface area (Å²) in [6, 6.07) is 14.0. The molecule has 0 aliphatic carbocycles. The highest BCUT2D eigenvalue weighted by Crippen LogP contribution is 2.29. The van der Waals surface area contributed by atoms with Crippen molar-refractivity contribution in [3.8, 4) is 11.5 Å². The predicted octanol–water partition coefficient (Wildman–Crippen LogP) is 2.05. The number of anilines is 1. The van der Waals surface area contributed by atoms with Gasteiger partial charge in [-0.1, -0.05) is 18.2 Å². The number of hydrogen-bond acceptors (Lipinski definition) is 5. The van der Waals surface area contributed by atoms with Crippen LogP contribution >= 0.6 is 0 Å². The Labute approximate surface area is 174 Å². The summed E-state index contributed by atoms with van der Waals surface area (Å²) >= 11 is 0. The van der Waals surface area contributed by atoms with Gasteiger partial charge >= 0.3 is 0 Å². The molecule has 0 aromatic heterocycles. The number of ether oxygens (including phenoxy) is 2. The molecular weight excluding hydrogens is 386 g/mol. The second kappa shape index (κ2) is 9.78. The number of carbonyl (C=O) groups is 3. The van der Waals surface area contributed by atoms with Gasteiger partial charge in [0.05, 0.1) is 13.0 Å². The number of nitrogens with zero attached hydrogens (tertiary/aromatic N) is 1. The molecule has 3 N–H and O–H groups in total. The fourth-order valence-electron chi connectivity index (χ4n) is 3.39. The minimum atomic E-state index is -0.606. The highest BCUT2D eigenvalue weighted by atomic mass is 16.5. The van der Waals surface area contributed by atoms with Crippen LogP contribution in [-0.4, -0.2) is 49.4 Å². The molecule has 0 saturated carbocycles. The van der Waals surface area contributed by atoms with Gasteiger partial charge in [-0.15, -0.1) is 0 Å². The van der Waals surface area contributed by atoms with Crippen molar-refractivity contribution in [2.75, 3.05) is 32.1 Å². The lowest BCUT2D eigenvalue weighted by molar-refractivity contribution is -0.121. The highest BCUT2D eigenvalue weighted by Gasteiger charge is 2.29. The first-order chi connectivity index (χ1) is 14.5. The molecule has 0 spiro atoms. The predicted molar refractivity (Wildman–Crippen MR) is 111 cm³/mol. The van der Waals surface area contributed by atoms with Crippen LogP contribution in [0.25, 0.3) is 0 Å². The van der Waals surface area contributed by atoms with E-state index >= 15 is 0 Å². The lowest BCUT2D eigenvalue weighted by atomic mass is 9.96. The number of benzene rings is 2. The molecule has 2 aromatic carbocycles. The van der Waals surface area contributed by atoms with Gasteiger partial charge < -0.3 is 25.4 Å². The number of carbonyl (C=O) groups excluding carboxylic acids is 3. The molecule has 1 saturated heterocycles. The first kappa shape index (κ1) is 21.2. The first-order valence-corrected chi connectivity index (χ1v) is 9.72. The van der Waals surface area contributed by atoms with Crippen molar-refractivity contribution in [1.29, 1.82) is 0 Å². The summed E-state index contributed by atoms with van der Waals surface area (Å²) in [6.45, 7) is 0.643. The largest absolute Gasteiger partial charge is 0.493 e. The molecule has 0 radical (unpaired) electrons. The average molecular weight is 411 g/mol. The number of hydrogen-bond donors (Lipinski definition) is 2. The zero-order valence-corrected chi connectivity index (χ0v) is 16.8.